The highest BCUT2D eigenvalue weighted by atomic mass is 32.2. The Morgan fingerprint density at radius 3 is 2.56 bits per heavy atom. The van der Waals surface area contributed by atoms with Crippen LogP contribution in [0.5, 0.6) is 0 Å². The summed E-state index contributed by atoms with van der Waals surface area (Å²) < 4.78 is 25.8. The van der Waals surface area contributed by atoms with Crippen molar-refractivity contribution < 1.29 is 18.1 Å². The van der Waals surface area contributed by atoms with E-state index in [-0.39, 0.29) is 29.7 Å². The highest BCUT2D eigenvalue weighted by Gasteiger charge is 2.33. The summed E-state index contributed by atoms with van der Waals surface area (Å²) >= 11 is 0. The van der Waals surface area contributed by atoms with E-state index in [0.717, 1.165) is 36.5 Å². The minimum Gasteiger partial charge on any atom is -0.351 e. The smallest absolute Gasteiger partial charge is 0.271 e. The Morgan fingerprint density at radius 2 is 2.04 bits per heavy atom. The molecule has 1 heterocycles. The number of nitrogens with one attached hydrogen (secondary N) is 1. The van der Waals surface area contributed by atoms with Crippen molar-refractivity contribution in [3.8, 4) is 0 Å². The molecule has 150 valence electrons. The highest BCUT2D eigenvalue weighted by Crippen LogP contribution is 2.26. The monoisotopic (exact) mass is 398 g/mol. The SMILES string of the molecule is CCC(C(=O)NC1CCN(C)CC1)N(c1cccc([N+](=O)[O-])c1)S(C)(=O)=O. The number of benzene rings is 1. The molecule has 1 N–H and O–H groups in total. The predicted molar refractivity (Wildman–Crippen MR) is 103 cm³/mol. The van der Waals surface area contributed by atoms with Gasteiger partial charge in [0.15, 0.2) is 0 Å². The van der Waals surface area contributed by atoms with Gasteiger partial charge in [0, 0.05) is 18.2 Å². The van der Waals surface area contributed by atoms with Crippen LogP contribution in [0, 0.1) is 10.1 Å². The molecule has 1 fully saturated rings. The average Bonchev–Trinajstić information content (AvgIpc) is 2.60. The Labute approximate surface area is 159 Å². The van der Waals surface area contributed by atoms with E-state index < -0.39 is 21.0 Å². The van der Waals surface area contributed by atoms with Crippen LogP contribution in [0.15, 0.2) is 24.3 Å². The van der Waals surface area contributed by atoms with E-state index in [4.69, 9.17) is 0 Å². The number of nitrogens with zero attached hydrogens (tertiary/aromatic N) is 3. The van der Waals surface area contributed by atoms with E-state index in [9.17, 15) is 23.3 Å². The Bertz CT molecular complexity index is 790. The molecule has 0 aliphatic carbocycles. The van der Waals surface area contributed by atoms with Gasteiger partial charge in [-0.25, -0.2) is 8.42 Å². The van der Waals surface area contributed by atoms with Gasteiger partial charge in [0.25, 0.3) is 5.69 Å². The second-order valence-electron chi connectivity index (χ2n) is 6.85. The summed E-state index contributed by atoms with van der Waals surface area (Å²) in [6.45, 7) is 3.44. The summed E-state index contributed by atoms with van der Waals surface area (Å²) in [7, 11) is -1.81. The maximum Gasteiger partial charge on any atom is 0.271 e. The van der Waals surface area contributed by atoms with Crippen molar-refractivity contribution in [1.29, 1.82) is 0 Å². The molecule has 1 atom stereocenters. The van der Waals surface area contributed by atoms with Gasteiger partial charge in [-0.05, 0) is 45.5 Å². The zero-order chi connectivity index (χ0) is 20.2. The molecule has 0 spiro atoms. The number of likely N-dealkylation sites (tertiary alicyclic amines) is 1. The van der Waals surface area contributed by atoms with E-state index >= 15 is 0 Å². The van der Waals surface area contributed by atoms with Crippen LogP contribution < -0.4 is 9.62 Å². The van der Waals surface area contributed by atoms with Crippen molar-refractivity contribution in [1.82, 2.24) is 10.2 Å². The molecule has 0 bridgehead atoms. The van der Waals surface area contributed by atoms with Crippen LogP contribution in [-0.2, 0) is 14.8 Å². The molecule has 2 rings (SSSR count). The van der Waals surface area contributed by atoms with Gasteiger partial charge in [-0.1, -0.05) is 13.0 Å². The molecule has 1 aliphatic rings. The average molecular weight is 398 g/mol. The van der Waals surface area contributed by atoms with Crippen molar-refractivity contribution in [2.75, 3.05) is 30.7 Å². The summed E-state index contributed by atoms with van der Waals surface area (Å²) in [6.07, 6.45) is 2.84. The molecule has 0 aromatic heterocycles. The number of sulfonamides is 1. The first-order chi connectivity index (χ1) is 12.6. The number of rotatable bonds is 7. The Morgan fingerprint density at radius 1 is 1.41 bits per heavy atom. The van der Waals surface area contributed by atoms with Crippen LogP contribution in [0.25, 0.3) is 0 Å². The molecule has 1 amide bonds. The van der Waals surface area contributed by atoms with E-state index in [1.54, 1.807) is 6.92 Å². The van der Waals surface area contributed by atoms with Crippen LogP contribution in [0.4, 0.5) is 11.4 Å². The van der Waals surface area contributed by atoms with Crippen LogP contribution in [0.1, 0.15) is 26.2 Å². The van der Waals surface area contributed by atoms with Crippen LogP contribution in [0.2, 0.25) is 0 Å². The molecule has 1 saturated heterocycles. The van der Waals surface area contributed by atoms with Gasteiger partial charge in [-0.3, -0.25) is 19.2 Å². The highest BCUT2D eigenvalue weighted by molar-refractivity contribution is 7.92. The van der Waals surface area contributed by atoms with E-state index in [1.165, 1.54) is 24.3 Å². The van der Waals surface area contributed by atoms with Crippen molar-refractivity contribution in [2.24, 2.45) is 0 Å². The molecule has 10 heteroatoms. The summed E-state index contributed by atoms with van der Waals surface area (Å²) in [6, 6.07) is 4.35. The quantitative estimate of drug-likeness (QED) is 0.548. The first-order valence-electron chi connectivity index (χ1n) is 8.86. The van der Waals surface area contributed by atoms with Gasteiger partial charge in [0.2, 0.25) is 15.9 Å². The molecule has 1 aromatic carbocycles. The van der Waals surface area contributed by atoms with Crippen molar-refractivity contribution in [3.63, 3.8) is 0 Å². The minimum atomic E-state index is -3.82. The third-order valence-corrected chi connectivity index (χ3v) is 5.87. The lowest BCUT2D eigenvalue weighted by Gasteiger charge is -2.33. The lowest BCUT2D eigenvalue weighted by Crippen LogP contribution is -2.53. The number of nitro benzene ring substituents is 1. The third kappa shape index (κ3) is 5.39. The van der Waals surface area contributed by atoms with Gasteiger partial charge < -0.3 is 10.2 Å². The van der Waals surface area contributed by atoms with Gasteiger partial charge in [-0.15, -0.1) is 0 Å². The summed E-state index contributed by atoms with van der Waals surface area (Å²) in [4.78, 5) is 25.5. The van der Waals surface area contributed by atoms with Crippen molar-refractivity contribution in [2.45, 2.75) is 38.3 Å². The number of nitro groups is 1. The topological polar surface area (TPSA) is 113 Å². The molecule has 0 saturated carbocycles. The van der Waals surface area contributed by atoms with Gasteiger partial charge in [-0.2, -0.15) is 0 Å². The predicted octanol–water partition coefficient (Wildman–Crippen LogP) is 1.35. The molecule has 27 heavy (non-hydrogen) atoms. The first kappa shape index (κ1) is 21.1. The standard InChI is InChI=1S/C17H26N4O5S/c1-4-16(17(22)18-13-8-10-19(2)11-9-13)20(27(3,25)26)14-6-5-7-15(12-14)21(23)24/h5-7,12-13,16H,4,8-11H2,1-3H3,(H,18,22). The Kier molecular flexibility index (Phi) is 6.77. The number of piperidine rings is 1. The normalized spacial score (nSPS) is 17.3. The Balaban J connectivity index is 2.29. The number of carbonyl (C=O) groups is 1. The zero-order valence-corrected chi connectivity index (χ0v) is 16.6. The largest absolute Gasteiger partial charge is 0.351 e. The van der Waals surface area contributed by atoms with Crippen LogP contribution >= 0.6 is 0 Å². The summed E-state index contributed by atoms with van der Waals surface area (Å²) in [5, 5.41) is 14.0. The maximum atomic E-state index is 12.8. The first-order valence-corrected chi connectivity index (χ1v) is 10.7. The molecular weight excluding hydrogens is 372 g/mol. The second kappa shape index (κ2) is 8.66. The molecule has 1 unspecified atom stereocenters. The fourth-order valence-electron chi connectivity index (χ4n) is 3.25. The van der Waals surface area contributed by atoms with Gasteiger partial charge in [0.1, 0.15) is 6.04 Å². The number of hydrogen-bond donors (Lipinski definition) is 1. The number of non-ortho nitro benzene ring substituents is 1. The number of amides is 1. The van der Waals surface area contributed by atoms with E-state index in [2.05, 4.69) is 10.2 Å². The molecule has 0 radical (unpaired) electrons. The van der Waals surface area contributed by atoms with Crippen molar-refractivity contribution in [3.05, 3.63) is 34.4 Å². The summed E-state index contributed by atoms with van der Waals surface area (Å²) in [5.74, 6) is -0.385. The number of carbonyl (C=O) groups excluding carboxylic acids is 1. The second-order valence-corrected chi connectivity index (χ2v) is 8.71. The molecular formula is C17H26N4O5S. The Hall–Kier alpha value is -2.20. The van der Waals surface area contributed by atoms with Gasteiger partial charge in [0.05, 0.1) is 16.9 Å². The van der Waals surface area contributed by atoms with Gasteiger partial charge >= 0.3 is 0 Å². The fourth-order valence-corrected chi connectivity index (χ4v) is 4.46. The lowest BCUT2D eigenvalue weighted by molar-refractivity contribution is -0.384. The van der Waals surface area contributed by atoms with E-state index in [1.807, 2.05) is 7.05 Å². The minimum absolute atomic E-state index is 0.00531. The number of anilines is 1. The van der Waals surface area contributed by atoms with Crippen LogP contribution in [0.3, 0.4) is 0 Å². The molecule has 9 nitrogen and oxygen atoms in total. The van der Waals surface area contributed by atoms with Crippen molar-refractivity contribution >= 4 is 27.3 Å². The molecule has 1 aromatic rings. The maximum absolute atomic E-state index is 12.8. The van der Waals surface area contributed by atoms with Crippen LogP contribution in [-0.4, -0.2) is 62.6 Å². The fraction of sp³-hybridized carbons (Fsp3) is 0.588. The number of hydrogen-bond acceptors (Lipinski definition) is 6. The lowest BCUT2D eigenvalue weighted by atomic mass is 10.0. The summed E-state index contributed by atoms with van der Waals surface area (Å²) in [5.41, 5.74) is -0.121. The van der Waals surface area contributed by atoms with E-state index in [0.29, 0.717) is 0 Å². The zero-order valence-electron chi connectivity index (χ0n) is 15.8. The molecule has 1 aliphatic heterocycles. The third-order valence-electron chi connectivity index (χ3n) is 4.69.